The van der Waals surface area contributed by atoms with Crippen molar-refractivity contribution in [1.82, 2.24) is 0 Å². The molecule has 0 aliphatic rings. The molecule has 0 saturated heterocycles. The predicted molar refractivity (Wildman–Crippen MR) is 62.1 cm³/mol. The van der Waals surface area contributed by atoms with Gasteiger partial charge in [0, 0.05) is 6.61 Å². The van der Waals surface area contributed by atoms with Crippen LogP contribution in [0.3, 0.4) is 0 Å². The second kappa shape index (κ2) is 8.07. The first kappa shape index (κ1) is 14.9. The van der Waals surface area contributed by atoms with E-state index in [9.17, 15) is 8.42 Å². The lowest BCUT2D eigenvalue weighted by molar-refractivity contribution is 0.101. The average Bonchev–Trinajstić information content (AvgIpc) is 2.14. The molecule has 0 bridgehead atoms. The summed E-state index contributed by atoms with van der Waals surface area (Å²) >= 11 is 0. The van der Waals surface area contributed by atoms with Crippen LogP contribution in [-0.4, -0.2) is 27.4 Å². The summed E-state index contributed by atoms with van der Waals surface area (Å²) in [5.74, 6) is 0.0544. The van der Waals surface area contributed by atoms with Crippen molar-refractivity contribution < 1.29 is 13.2 Å². The van der Waals surface area contributed by atoms with Gasteiger partial charge in [-0.1, -0.05) is 33.1 Å². The van der Waals surface area contributed by atoms with Gasteiger partial charge < -0.3 is 4.74 Å². The van der Waals surface area contributed by atoms with E-state index >= 15 is 0 Å². The molecule has 0 saturated carbocycles. The minimum Gasteiger partial charge on any atom is -0.381 e. The van der Waals surface area contributed by atoms with Crippen LogP contribution in [0.25, 0.3) is 0 Å². The highest BCUT2D eigenvalue weighted by Crippen LogP contribution is 2.06. The normalized spacial score (nSPS) is 14.1. The molecule has 0 aliphatic heterocycles. The number of primary sulfonamides is 1. The summed E-state index contributed by atoms with van der Waals surface area (Å²) in [6.07, 6.45) is 4.15. The molecule has 15 heavy (non-hydrogen) atoms. The van der Waals surface area contributed by atoms with Gasteiger partial charge >= 0.3 is 0 Å². The summed E-state index contributed by atoms with van der Waals surface area (Å²) in [6.45, 7) is 5.30. The Morgan fingerprint density at radius 2 is 1.93 bits per heavy atom. The Labute approximate surface area is 93.2 Å². The molecule has 1 unspecified atom stereocenters. The van der Waals surface area contributed by atoms with Crippen molar-refractivity contribution in [2.24, 2.45) is 11.1 Å². The van der Waals surface area contributed by atoms with Gasteiger partial charge in [-0.25, -0.2) is 13.6 Å². The van der Waals surface area contributed by atoms with Gasteiger partial charge in [0.25, 0.3) is 0 Å². The number of hydrogen-bond donors (Lipinski definition) is 1. The molecular weight excluding hydrogens is 214 g/mol. The zero-order valence-corrected chi connectivity index (χ0v) is 10.6. The predicted octanol–water partition coefficient (Wildman–Crippen LogP) is 1.51. The Kier molecular flexibility index (Phi) is 8.00. The molecule has 0 rings (SSSR count). The monoisotopic (exact) mass is 237 g/mol. The van der Waals surface area contributed by atoms with E-state index in [-0.39, 0.29) is 11.7 Å². The maximum absolute atomic E-state index is 10.9. The maximum Gasteiger partial charge on any atom is 0.209 e. The third-order valence-electron chi connectivity index (χ3n) is 2.29. The first-order valence-electron chi connectivity index (χ1n) is 5.57. The van der Waals surface area contributed by atoms with Gasteiger partial charge in [0.1, 0.15) is 0 Å². The molecule has 0 radical (unpaired) electrons. The second-order valence-electron chi connectivity index (χ2n) is 3.89. The Bertz CT molecular complexity index is 239. The van der Waals surface area contributed by atoms with Crippen molar-refractivity contribution in [2.75, 3.05) is 19.0 Å². The van der Waals surface area contributed by atoms with Gasteiger partial charge in [-0.05, 0) is 12.3 Å². The Morgan fingerprint density at radius 1 is 1.27 bits per heavy atom. The van der Waals surface area contributed by atoms with E-state index in [1.807, 2.05) is 6.92 Å². The fourth-order valence-electron chi connectivity index (χ4n) is 1.32. The molecule has 92 valence electrons. The minimum absolute atomic E-state index is 0.0251. The molecule has 0 aromatic rings. The second-order valence-corrected chi connectivity index (χ2v) is 5.54. The lowest BCUT2D eigenvalue weighted by Crippen LogP contribution is -2.25. The molecular formula is C10H23NO3S. The van der Waals surface area contributed by atoms with E-state index < -0.39 is 10.0 Å². The lowest BCUT2D eigenvalue weighted by atomic mass is 10.1. The molecule has 0 amide bonds. The number of nitrogens with two attached hydrogens (primary N) is 1. The highest BCUT2D eigenvalue weighted by molar-refractivity contribution is 7.89. The molecule has 0 spiro atoms. The van der Waals surface area contributed by atoms with Crippen molar-refractivity contribution in [3.63, 3.8) is 0 Å². The molecule has 0 aromatic heterocycles. The van der Waals surface area contributed by atoms with Crippen LogP contribution < -0.4 is 5.14 Å². The fraction of sp³-hybridized carbons (Fsp3) is 1.00. The van der Waals surface area contributed by atoms with Crippen LogP contribution in [0.15, 0.2) is 0 Å². The molecule has 4 nitrogen and oxygen atoms in total. The van der Waals surface area contributed by atoms with Gasteiger partial charge in [-0.15, -0.1) is 0 Å². The molecule has 0 aliphatic carbocycles. The van der Waals surface area contributed by atoms with Gasteiger partial charge in [-0.3, -0.25) is 0 Å². The average molecular weight is 237 g/mol. The van der Waals surface area contributed by atoms with Crippen molar-refractivity contribution in [3.05, 3.63) is 0 Å². The number of ether oxygens (including phenoxy) is 1. The third-order valence-corrected chi connectivity index (χ3v) is 3.23. The zero-order chi connectivity index (χ0) is 11.7. The van der Waals surface area contributed by atoms with Crippen LogP contribution in [0.2, 0.25) is 0 Å². The number of unbranched alkanes of at least 4 members (excludes halogenated alkanes) is 2. The number of hydrogen-bond acceptors (Lipinski definition) is 3. The largest absolute Gasteiger partial charge is 0.381 e. The Morgan fingerprint density at radius 3 is 2.40 bits per heavy atom. The Hall–Kier alpha value is -0.130. The molecule has 2 N–H and O–H groups in total. The molecule has 5 heteroatoms. The summed E-state index contributed by atoms with van der Waals surface area (Å²) in [6, 6.07) is 0. The topological polar surface area (TPSA) is 69.4 Å². The van der Waals surface area contributed by atoms with Crippen molar-refractivity contribution in [2.45, 2.75) is 39.5 Å². The van der Waals surface area contributed by atoms with Crippen molar-refractivity contribution >= 4 is 10.0 Å². The first-order valence-corrected chi connectivity index (χ1v) is 7.29. The van der Waals surface area contributed by atoms with Crippen LogP contribution >= 0.6 is 0 Å². The van der Waals surface area contributed by atoms with Gasteiger partial charge in [0.15, 0.2) is 0 Å². The summed E-state index contributed by atoms with van der Waals surface area (Å²) in [5.41, 5.74) is 0. The molecule has 0 fully saturated rings. The van der Waals surface area contributed by atoms with Crippen LogP contribution in [-0.2, 0) is 14.8 Å². The van der Waals surface area contributed by atoms with Gasteiger partial charge in [-0.2, -0.15) is 0 Å². The van der Waals surface area contributed by atoms with E-state index in [1.165, 1.54) is 0 Å². The molecule has 0 heterocycles. The van der Waals surface area contributed by atoms with E-state index in [0.29, 0.717) is 6.61 Å². The van der Waals surface area contributed by atoms with Crippen LogP contribution in [0, 0.1) is 5.92 Å². The first-order chi connectivity index (χ1) is 6.99. The Balaban J connectivity index is 3.62. The van der Waals surface area contributed by atoms with Crippen molar-refractivity contribution in [3.8, 4) is 0 Å². The van der Waals surface area contributed by atoms with Crippen LogP contribution in [0.1, 0.15) is 39.5 Å². The fourth-order valence-corrected chi connectivity index (χ4v) is 2.31. The van der Waals surface area contributed by atoms with E-state index in [1.54, 1.807) is 0 Å². The van der Waals surface area contributed by atoms with Gasteiger partial charge in [0.05, 0.1) is 12.4 Å². The maximum atomic E-state index is 10.9. The van der Waals surface area contributed by atoms with E-state index in [0.717, 1.165) is 32.3 Å². The molecule has 0 aromatic carbocycles. The summed E-state index contributed by atoms with van der Waals surface area (Å²) < 4.78 is 27.1. The van der Waals surface area contributed by atoms with E-state index in [4.69, 9.17) is 9.88 Å². The smallest absolute Gasteiger partial charge is 0.209 e. The summed E-state index contributed by atoms with van der Waals surface area (Å²) in [7, 11) is -3.36. The van der Waals surface area contributed by atoms with Gasteiger partial charge in [0.2, 0.25) is 10.0 Å². The zero-order valence-electron chi connectivity index (χ0n) is 9.74. The molecule has 1 atom stereocenters. The number of sulfonamides is 1. The lowest BCUT2D eigenvalue weighted by Gasteiger charge is -2.13. The standard InChI is InChI=1S/C10H23NO3S/c1-3-5-6-7-14-8-10(4-2)9-15(11,12)13/h10H,3-9H2,1-2H3,(H2,11,12,13). The third kappa shape index (κ3) is 10.2. The van der Waals surface area contributed by atoms with E-state index in [2.05, 4.69) is 6.92 Å². The van der Waals surface area contributed by atoms with Crippen LogP contribution in [0.5, 0.6) is 0 Å². The summed E-state index contributed by atoms with van der Waals surface area (Å²) in [5, 5.41) is 4.98. The highest BCUT2D eigenvalue weighted by Gasteiger charge is 2.13. The SMILES string of the molecule is CCCCCOCC(CC)CS(N)(=O)=O. The quantitative estimate of drug-likeness (QED) is 0.618. The van der Waals surface area contributed by atoms with Crippen molar-refractivity contribution in [1.29, 1.82) is 0 Å². The minimum atomic E-state index is -3.36. The van der Waals surface area contributed by atoms with Crippen LogP contribution in [0.4, 0.5) is 0 Å². The highest BCUT2D eigenvalue weighted by atomic mass is 32.2. The number of rotatable bonds is 9. The summed E-state index contributed by atoms with van der Waals surface area (Å²) in [4.78, 5) is 0.